The van der Waals surface area contributed by atoms with Crippen LogP contribution in [0, 0.1) is 9.39 Å². The molecule has 0 atom stereocenters. The van der Waals surface area contributed by atoms with Crippen molar-refractivity contribution in [1.82, 2.24) is 0 Å². The number of aliphatic imine (C=N–C) groups is 1. The maximum absolute atomic E-state index is 14.0. The van der Waals surface area contributed by atoms with Gasteiger partial charge in [0.15, 0.2) is 0 Å². The van der Waals surface area contributed by atoms with Crippen molar-refractivity contribution in [2.75, 3.05) is 11.9 Å². The number of carbonyl (C=O) groups is 1. The molecule has 1 aliphatic heterocycles. The molecule has 2 aromatic carbocycles. The number of fused-ring (bicyclic) bond motifs is 1. The van der Waals surface area contributed by atoms with Crippen LogP contribution in [0.4, 0.5) is 10.1 Å². The number of hydrogen-bond acceptors (Lipinski definition) is 2. The highest BCUT2D eigenvalue weighted by Crippen LogP contribution is 2.25. The fraction of sp³-hybridized carbons (Fsp3) is 0.0667. The van der Waals surface area contributed by atoms with E-state index in [1.807, 2.05) is 18.2 Å². The zero-order chi connectivity index (χ0) is 14.1. The van der Waals surface area contributed by atoms with Gasteiger partial charge < -0.3 is 5.32 Å². The summed E-state index contributed by atoms with van der Waals surface area (Å²) in [6, 6.07) is 12.1. The van der Waals surface area contributed by atoms with Crippen molar-refractivity contribution in [3.63, 3.8) is 0 Å². The number of amides is 1. The summed E-state index contributed by atoms with van der Waals surface area (Å²) in [4.78, 5) is 16.0. The molecule has 100 valence electrons. The molecule has 1 N–H and O–H groups in total. The first-order valence-electron chi connectivity index (χ1n) is 6.04. The van der Waals surface area contributed by atoms with Gasteiger partial charge in [0, 0.05) is 14.7 Å². The average Bonchev–Trinajstić information content (AvgIpc) is 2.58. The van der Waals surface area contributed by atoms with Crippen LogP contribution in [0.25, 0.3) is 0 Å². The van der Waals surface area contributed by atoms with Crippen LogP contribution in [0.2, 0.25) is 0 Å². The Bertz CT molecular complexity index is 728. The number of anilines is 1. The van der Waals surface area contributed by atoms with Gasteiger partial charge in [-0.2, -0.15) is 0 Å². The van der Waals surface area contributed by atoms with Gasteiger partial charge >= 0.3 is 0 Å². The highest BCUT2D eigenvalue weighted by atomic mass is 127. The molecule has 3 nitrogen and oxygen atoms in total. The third-order valence-electron chi connectivity index (χ3n) is 3.02. The van der Waals surface area contributed by atoms with Gasteiger partial charge in [-0.3, -0.25) is 9.79 Å². The minimum atomic E-state index is -0.342. The van der Waals surface area contributed by atoms with Crippen molar-refractivity contribution < 1.29 is 9.18 Å². The Balaban J connectivity index is 2.23. The number of halogens is 2. The summed E-state index contributed by atoms with van der Waals surface area (Å²) in [5, 5.41) is 2.79. The Morgan fingerprint density at radius 1 is 1.15 bits per heavy atom. The summed E-state index contributed by atoms with van der Waals surface area (Å²) in [6.07, 6.45) is 0. The predicted molar refractivity (Wildman–Crippen MR) is 84.7 cm³/mol. The minimum absolute atomic E-state index is 0.00503. The second kappa shape index (κ2) is 5.32. The standard InChI is InChI=1S/C15H10FIN2O/c16-12-4-2-1-3-10(12)15-11-7-9(17)5-6-13(11)19-14(20)8-18-15/h1-7H,8H2,(H,19,20). The monoisotopic (exact) mass is 380 g/mol. The Hall–Kier alpha value is -1.76. The van der Waals surface area contributed by atoms with E-state index in [4.69, 9.17) is 0 Å². The lowest BCUT2D eigenvalue weighted by Crippen LogP contribution is -2.13. The summed E-state index contributed by atoms with van der Waals surface area (Å²) >= 11 is 2.18. The lowest BCUT2D eigenvalue weighted by Gasteiger charge is -2.11. The first-order chi connectivity index (χ1) is 9.65. The Morgan fingerprint density at radius 3 is 2.75 bits per heavy atom. The fourth-order valence-corrected chi connectivity index (χ4v) is 2.62. The molecule has 2 aromatic rings. The quantitative estimate of drug-likeness (QED) is 0.759. The third kappa shape index (κ3) is 2.45. The van der Waals surface area contributed by atoms with Gasteiger partial charge in [0.1, 0.15) is 12.4 Å². The smallest absolute Gasteiger partial charge is 0.246 e. The van der Waals surface area contributed by atoms with E-state index in [1.165, 1.54) is 6.07 Å². The first kappa shape index (κ1) is 13.2. The average molecular weight is 380 g/mol. The largest absolute Gasteiger partial charge is 0.324 e. The summed E-state index contributed by atoms with van der Waals surface area (Å²) in [5.41, 5.74) is 2.32. The SMILES string of the molecule is O=C1CN=C(c2ccccc2F)c2cc(I)ccc2N1. The number of hydrogen-bond donors (Lipinski definition) is 1. The number of benzodiazepines with no additional fused rings is 1. The van der Waals surface area contributed by atoms with Gasteiger partial charge in [0.2, 0.25) is 5.91 Å². The van der Waals surface area contributed by atoms with Crippen molar-refractivity contribution in [3.8, 4) is 0 Å². The van der Waals surface area contributed by atoms with Gasteiger partial charge in [-0.15, -0.1) is 0 Å². The minimum Gasteiger partial charge on any atom is -0.324 e. The molecule has 0 saturated heterocycles. The normalized spacial score (nSPS) is 14.1. The zero-order valence-electron chi connectivity index (χ0n) is 10.4. The van der Waals surface area contributed by atoms with Gasteiger partial charge in [0.05, 0.1) is 11.4 Å². The van der Waals surface area contributed by atoms with Crippen LogP contribution in [0.3, 0.4) is 0 Å². The van der Waals surface area contributed by atoms with E-state index < -0.39 is 0 Å². The van der Waals surface area contributed by atoms with Crippen LogP contribution in [-0.2, 0) is 4.79 Å². The van der Waals surface area contributed by atoms with Crippen molar-refractivity contribution in [2.24, 2.45) is 4.99 Å². The van der Waals surface area contributed by atoms with Crippen molar-refractivity contribution in [2.45, 2.75) is 0 Å². The van der Waals surface area contributed by atoms with Gasteiger partial charge in [-0.05, 0) is 52.9 Å². The highest BCUT2D eigenvalue weighted by molar-refractivity contribution is 14.1. The van der Waals surface area contributed by atoms with E-state index >= 15 is 0 Å². The fourth-order valence-electron chi connectivity index (χ4n) is 2.13. The number of benzene rings is 2. The zero-order valence-corrected chi connectivity index (χ0v) is 12.5. The highest BCUT2D eigenvalue weighted by Gasteiger charge is 2.20. The molecule has 0 unspecified atom stereocenters. The van der Waals surface area contributed by atoms with Crippen molar-refractivity contribution in [1.29, 1.82) is 0 Å². The Labute approximate surface area is 129 Å². The second-order valence-electron chi connectivity index (χ2n) is 4.38. The van der Waals surface area contributed by atoms with E-state index in [0.29, 0.717) is 17.0 Å². The molecular weight excluding hydrogens is 370 g/mol. The number of rotatable bonds is 1. The second-order valence-corrected chi connectivity index (χ2v) is 5.63. The van der Waals surface area contributed by atoms with Crippen LogP contribution < -0.4 is 5.32 Å². The van der Waals surface area contributed by atoms with Gasteiger partial charge in [0.25, 0.3) is 0 Å². The molecule has 0 fully saturated rings. The molecule has 1 amide bonds. The molecule has 5 heteroatoms. The maximum Gasteiger partial charge on any atom is 0.246 e. The topological polar surface area (TPSA) is 41.5 Å². The van der Waals surface area contributed by atoms with Crippen LogP contribution >= 0.6 is 22.6 Å². The summed E-state index contributed by atoms with van der Waals surface area (Å²) in [5.74, 6) is -0.538. The Morgan fingerprint density at radius 2 is 1.95 bits per heavy atom. The number of nitrogens with zero attached hydrogens (tertiary/aromatic N) is 1. The molecule has 0 aliphatic carbocycles. The molecular formula is C15H10FIN2O. The van der Waals surface area contributed by atoms with E-state index in [0.717, 1.165) is 9.13 Å². The lowest BCUT2D eigenvalue weighted by atomic mass is 10.0. The predicted octanol–water partition coefficient (Wildman–Crippen LogP) is 3.22. The molecule has 0 radical (unpaired) electrons. The van der Waals surface area contributed by atoms with E-state index in [9.17, 15) is 9.18 Å². The van der Waals surface area contributed by atoms with Gasteiger partial charge in [-0.25, -0.2) is 4.39 Å². The maximum atomic E-state index is 14.0. The lowest BCUT2D eigenvalue weighted by molar-refractivity contribution is -0.114. The third-order valence-corrected chi connectivity index (χ3v) is 3.69. The van der Waals surface area contributed by atoms with Crippen molar-refractivity contribution >= 4 is 39.9 Å². The van der Waals surface area contributed by atoms with Gasteiger partial charge in [-0.1, -0.05) is 12.1 Å². The number of nitrogens with one attached hydrogen (secondary N) is 1. The molecule has 20 heavy (non-hydrogen) atoms. The molecule has 0 spiro atoms. The van der Waals surface area contributed by atoms with Crippen molar-refractivity contribution in [3.05, 3.63) is 63.0 Å². The Kier molecular flexibility index (Phi) is 3.52. The van der Waals surface area contributed by atoms with E-state index in [-0.39, 0.29) is 18.3 Å². The summed E-state index contributed by atoms with van der Waals surface area (Å²) in [7, 11) is 0. The molecule has 0 aromatic heterocycles. The van der Waals surface area contributed by atoms with Crippen LogP contribution in [0.5, 0.6) is 0 Å². The van der Waals surface area contributed by atoms with E-state index in [2.05, 4.69) is 32.9 Å². The first-order valence-corrected chi connectivity index (χ1v) is 7.12. The molecule has 0 bridgehead atoms. The summed E-state index contributed by atoms with van der Waals surface area (Å²) < 4.78 is 15.0. The summed E-state index contributed by atoms with van der Waals surface area (Å²) in [6.45, 7) is -0.00503. The molecule has 1 aliphatic rings. The molecule has 1 heterocycles. The van der Waals surface area contributed by atoms with Crippen LogP contribution in [0.1, 0.15) is 11.1 Å². The van der Waals surface area contributed by atoms with Crippen LogP contribution in [-0.4, -0.2) is 18.2 Å². The van der Waals surface area contributed by atoms with Crippen LogP contribution in [0.15, 0.2) is 47.5 Å². The number of carbonyl (C=O) groups excluding carboxylic acids is 1. The molecule has 3 rings (SSSR count). The van der Waals surface area contributed by atoms with E-state index in [1.54, 1.807) is 18.2 Å². The molecule has 0 saturated carbocycles.